The molecular formula is C17H25NO3. The zero-order chi connectivity index (χ0) is 15.7. The third kappa shape index (κ3) is 6.93. The molecule has 0 radical (unpaired) electrons. The molecule has 1 aromatic carbocycles. The topological polar surface area (TPSA) is 66.4 Å². The molecule has 0 aliphatic rings. The number of hydrogen-bond acceptors (Lipinski definition) is 2. The summed E-state index contributed by atoms with van der Waals surface area (Å²) in [6, 6.07) is 5.98. The Balaban J connectivity index is 2.20. The van der Waals surface area contributed by atoms with Gasteiger partial charge in [0.15, 0.2) is 0 Å². The number of aromatic carboxylic acids is 1. The quantitative estimate of drug-likeness (QED) is 0.681. The number of carbonyl (C=O) groups is 2. The molecule has 2 N–H and O–H groups in total. The van der Waals surface area contributed by atoms with Crippen LogP contribution < -0.4 is 5.32 Å². The van der Waals surface area contributed by atoms with Gasteiger partial charge in [0.1, 0.15) is 0 Å². The van der Waals surface area contributed by atoms with Crippen molar-refractivity contribution in [2.75, 3.05) is 6.54 Å². The molecule has 0 aromatic heterocycles. The molecule has 0 atom stereocenters. The van der Waals surface area contributed by atoms with Gasteiger partial charge in [-0.15, -0.1) is 0 Å². The van der Waals surface area contributed by atoms with Gasteiger partial charge in [-0.25, -0.2) is 4.79 Å². The summed E-state index contributed by atoms with van der Waals surface area (Å²) < 4.78 is 0. The Hall–Kier alpha value is -1.84. The van der Waals surface area contributed by atoms with Crippen LogP contribution in [-0.4, -0.2) is 23.5 Å². The molecule has 0 spiro atoms. The summed E-state index contributed by atoms with van der Waals surface area (Å²) in [5.74, 6) is -0.365. The van der Waals surface area contributed by atoms with Crippen molar-refractivity contribution in [1.82, 2.24) is 5.32 Å². The maximum absolute atomic E-state index is 11.8. The van der Waals surface area contributed by atoms with Crippen molar-refractivity contribution in [3.05, 3.63) is 35.4 Å². The molecule has 4 heteroatoms. The highest BCUT2D eigenvalue weighted by atomic mass is 16.4. The molecule has 1 rings (SSSR count). The van der Waals surface area contributed by atoms with E-state index in [9.17, 15) is 9.59 Å². The maximum Gasteiger partial charge on any atom is 0.335 e. The Labute approximate surface area is 126 Å². The van der Waals surface area contributed by atoms with Crippen LogP contribution in [0.1, 0.15) is 66.7 Å². The van der Waals surface area contributed by atoms with Crippen LogP contribution in [0.4, 0.5) is 0 Å². The SMILES string of the molecule is CC(C)CCCCCCNC(=O)c1ccc(C(=O)O)cc1. The first-order valence-corrected chi connectivity index (χ1v) is 7.62. The molecule has 0 heterocycles. The number of carboxylic acids is 1. The van der Waals surface area contributed by atoms with Crippen LogP contribution in [0, 0.1) is 5.92 Å². The van der Waals surface area contributed by atoms with E-state index in [0.717, 1.165) is 18.8 Å². The lowest BCUT2D eigenvalue weighted by molar-refractivity contribution is 0.0696. The normalized spacial score (nSPS) is 10.6. The second-order valence-corrected chi connectivity index (χ2v) is 5.74. The number of rotatable bonds is 9. The van der Waals surface area contributed by atoms with E-state index < -0.39 is 5.97 Å². The minimum absolute atomic E-state index is 0.144. The minimum Gasteiger partial charge on any atom is -0.478 e. The van der Waals surface area contributed by atoms with Gasteiger partial charge in [0.05, 0.1) is 5.56 Å². The molecule has 0 aliphatic heterocycles. The number of unbranched alkanes of at least 4 members (excludes halogenated alkanes) is 3. The largest absolute Gasteiger partial charge is 0.478 e. The third-order valence-electron chi connectivity index (χ3n) is 3.39. The Morgan fingerprint density at radius 2 is 1.57 bits per heavy atom. The van der Waals surface area contributed by atoms with Gasteiger partial charge in [0, 0.05) is 12.1 Å². The third-order valence-corrected chi connectivity index (χ3v) is 3.39. The zero-order valence-electron chi connectivity index (χ0n) is 12.9. The van der Waals surface area contributed by atoms with E-state index >= 15 is 0 Å². The van der Waals surface area contributed by atoms with E-state index in [-0.39, 0.29) is 11.5 Å². The lowest BCUT2D eigenvalue weighted by atomic mass is 10.0. The van der Waals surface area contributed by atoms with E-state index in [2.05, 4.69) is 19.2 Å². The van der Waals surface area contributed by atoms with Crippen molar-refractivity contribution in [3.63, 3.8) is 0 Å². The number of benzene rings is 1. The maximum atomic E-state index is 11.8. The second kappa shape index (κ2) is 9.16. The Kier molecular flexibility index (Phi) is 7.51. The average Bonchev–Trinajstić information content (AvgIpc) is 2.45. The van der Waals surface area contributed by atoms with E-state index in [1.165, 1.54) is 31.4 Å². The fourth-order valence-corrected chi connectivity index (χ4v) is 2.10. The lowest BCUT2D eigenvalue weighted by Crippen LogP contribution is -2.24. The molecule has 0 aliphatic carbocycles. The summed E-state index contributed by atoms with van der Waals surface area (Å²) >= 11 is 0. The summed E-state index contributed by atoms with van der Waals surface area (Å²) in [4.78, 5) is 22.6. The monoisotopic (exact) mass is 291 g/mol. The number of nitrogens with one attached hydrogen (secondary N) is 1. The van der Waals surface area contributed by atoms with Crippen molar-refractivity contribution in [2.45, 2.75) is 46.0 Å². The predicted octanol–water partition coefficient (Wildman–Crippen LogP) is 3.72. The highest BCUT2D eigenvalue weighted by molar-refractivity contribution is 5.95. The van der Waals surface area contributed by atoms with Crippen molar-refractivity contribution in [3.8, 4) is 0 Å². The number of hydrogen-bond donors (Lipinski definition) is 2. The Morgan fingerprint density at radius 3 is 2.14 bits per heavy atom. The van der Waals surface area contributed by atoms with Crippen LogP contribution in [0.15, 0.2) is 24.3 Å². The van der Waals surface area contributed by atoms with Crippen LogP contribution in [0.2, 0.25) is 0 Å². The second-order valence-electron chi connectivity index (χ2n) is 5.74. The summed E-state index contributed by atoms with van der Waals surface area (Å²) in [5.41, 5.74) is 0.691. The molecule has 116 valence electrons. The van der Waals surface area contributed by atoms with Crippen molar-refractivity contribution < 1.29 is 14.7 Å². The summed E-state index contributed by atoms with van der Waals surface area (Å²) in [6.45, 7) is 5.13. The minimum atomic E-state index is -0.983. The van der Waals surface area contributed by atoms with Crippen LogP contribution in [0.3, 0.4) is 0 Å². The molecular weight excluding hydrogens is 266 g/mol. The number of carboxylic acid groups (broad SMARTS) is 1. The van der Waals surface area contributed by atoms with Crippen molar-refractivity contribution in [2.24, 2.45) is 5.92 Å². The van der Waals surface area contributed by atoms with Gasteiger partial charge in [-0.05, 0) is 36.6 Å². The molecule has 0 saturated heterocycles. The van der Waals surface area contributed by atoms with Crippen LogP contribution in [-0.2, 0) is 0 Å². The first-order valence-electron chi connectivity index (χ1n) is 7.62. The van der Waals surface area contributed by atoms with Gasteiger partial charge < -0.3 is 10.4 Å². The van der Waals surface area contributed by atoms with Gasteiger partial charge >= 0.3 is 5.97 Å². The molecule has 0 fully saturated rings. The fourth-order valence-electron chi connectivity index (χ4n) is 2.10. The molecule has 0 unspecified atom stereocenters. The lowest BCUT2D eigenvalue weighted by Gasteiger charge is -2.06. The molecule has 0 bridgehead atoms. The first kappa shape index (κ1) is 17.2. The van der Waals surface area contributed by atoms with Gasteiger partial charge in [-0.3, -0.25) is 4.79 Å². The molecule has 4 nitrogen and oxygen atoms in total. The summed E-state index contributed by atoms with van der Waals surface area (Å²) in [5, 5.41) is 11.7. The predicted molar refractivity (Wildman–Crippen MR) is 83.7 cm³/mol. The van der Waals surface area contributed by atoms with Gasteiger partial charge in [-0.1, -0.05) is 39.5 Å². The van der Waals surface area contributed by atoms with E-state index in [1.54, 1.807) is 12.1 Å². The highest BCUT2D eigenvalue weighted by Gasteiger charge is 2.07. The standard InChI is InChI=1S/C17H25NO3/c1-13(2)7-5-3-4-6-12-18-16(19)14-8-10-15(11-9-14)17(20)21/h8-11,13H,3-7,12H2,1-2H3,(H,18,19)(H,20,21). The summed E-state index contributed by atoms with van der Waals surface area (Å²) in [7, 11) is 0. The van der Waals surface area contributed by atoms with Gasteiger partial charge in [0.25, 0.3) is 5.91 Å². The van der Waals surface area contributed by atoms with E-state index in [4.69, 9.17) is 5.11 Å². The first-order chi connectivity index (χ1) is 10.0. The summed E-state index contributed by atoms with van der Waals surface area (Å²) in [6.07, 6.45) is 5.84. The Bertz CT molecular complexity index is 452. The molecule has 1 amide bonds. The van der Waals surface area contributed by atoms with Gasteiger partial charge in [-0.2, -0.15) is 0 Å². The van der Waals surface area contributed by atoms with Crippen molar-refractivity contribution >= 4 is 11.9 Å². The van der Waals surface area contributed by atoms with E-state index in [0.29, 0.717) is 12.1 Å². The highest BCUT2D eigenvalue weighted by Crippen LogP contribution is 2.09. The molecule has 1 aromatic rings. The average molecular weight is 291 g/mol. The van der Waals surface area contributed by atoms with Gasteiger partial charge in [0.2, 0.25) is 0 Å². The smallest absolute Gasteiger partial charge is 0.335 e. The van der Waals surface area contributed by atoms with Crippen LogP contribution in [0.5, 0.6) is 0 Å². The molecule has 0 saturated carbocycles. The van der Waals surface area contributed by atoms with Crippen LogP contribution >= 0.6 is 0 Å². The zero-order valence-corrected chi connectivity index (χ0v) is 12.9. The number of carbonyl (C=O) groups excluding carboxylic acids is 1. The molecule has 21 heavy (non-hydrogen) atoms. The Morgan fingerprint density at radius 1 is 1.00 bits per heavy atom. The fraction of sp³-hybridized carbons (Fsp3) is 0.529. The number of amides is 1. The van der Waals surface area contributed by atoms with Crippen molar-refractivity contribution in [1.29, 1.82) is 0 Å². The van der Waals surface area contributed by atoms with E-state index in [1.807, 2.05) is 0 Å². The van der Waals surface area contributed by atoms with Crippen LogP contribution in [0.25, 0.3) is 0 Å².